The molecule has 136 valence electrons. The van der Waals surface area contributed by atoms with Gasteiger partial charge in [0.1, 0.15) is 4.49 Å². The third-order valence-electron chi connectivity index (χ3n) is 4.66. The van der Waals surface area contributed by atoms with Gasteiger partial charge in [-0.25, -0.2) is 0 Å². The minimum Gasteiger partial charge on any atom is -0.481 e. The van der Waals surface area contributed by atoms with Crippen LogP contribution in [0.2, 0.25) is 10.0 Å². The highest BCUT2D eigenvalue weighted by atomic mass is 35.5. The summed E-state index contributed by atoms with van der Waals surface area (Å²) in [6.07, 6.45) is 1.46. The van der Waals surface area contributed by atoms with Gasteiger partial charge in [-0.2, -0.15) is 5.26 Å². The van der Waals surface area contributed by atoms with E-state index < -0.39 is 28.6 Å². The molecule has 25 heavy (non-hydrogen) atoms. The second-order valence-electron chi connectivity index (χ2n) is 6.72. The minimum atomic E-state index is -1.51. The first-order chi connectivity index (χ1) is 11.4. The van der Waals surface area contributed by atoms with E-state index >= 15 is 0 Å². The molecule has 1 aromatic rings. The fourth-order valence-corrected chi connectivity index (χ4v) is 4.47. The van der Waals surface area contributed by atoms with Crippen LogP contribution in [-0.2, 0) is 4.79 Å². The van der Waals surface area contributed by atoms with Crippen molar-refractivity contribution in [3.8, 4) is 6.07 Å². The van der Waals surface area contributed by atoms with Crippen LogP contribution in [0, 0.1) is 28.1 Å². The van der Waals surface area contributed by atoms with Gasteiger partial charge in [0, 0.05) is 5.41 Å². The highest BCUT2D eigenvalue weighted by molar-refractivity contribution is 6.55. The molecule has 0 aliphatic carbocycles. The van der Waals surface area contributed by atoms with Crippen molar-refractivity contribution in [3.63, 3.8) is 0 Å². The van der Waals surface area contributed by atoms with Crippen LogP contribution in [0.25, 0.3) is 0 Å². The molecule has 0 amide bonds. The van der Waals surface area contributed by atoms with Crippen molar-refractivity contribution in [1.29, 1.82) is 5.26 Å². The molecule has 7 heteroatoms. The monoisotopic (exact) mass is 421 g/mol. The molecule has 2 atom stereocenters. The number of benzene rings is 1. The lowest BCUT2D eigenvalue weighted by Gasteiger charge is -2.47. The van der Waals surface area contributed by atoms with Crippen molar-refractivity contribution in [2.75, 3.05) is 0 Å². The van der Waals surface area contributed by atoms with Gasteiger partial charge in [0.05, 0.1) is 27.4 Å². The summed E-state index contributed by atoms with van der Waals surface area (Å²) in [7, 11) is 0. The Labute approximate surface area is 168 Å². The van der Waals surface area contributed by atoms with Gasteiger partial charge in [-0.1, -0.05) is 80.2 Å². The van der Waals surface area contributed by atoms with Gasteiger partial charge in [-0.3, -0.25) is 4.79 Å². The van der Waals surface area contributed by atoms with Gasteiger partial charge in [0.15, 0.2) is 0 Å². The van der Waals surface area contributed by atoms with E-state index in [0.29, 0.717) is 10.6 Å². The summed E-state index contributed by atoms with van der Waals surface area (Å²) >= 11 is 23.7. The van der Waals surface area contributed by atoms with Crippen molar-refractivity contribution in [1.82, 2.24) is 0 Å². The molecule has 0 saturated carbocycles. The molecule has 1 rings (SSSR count). The fraction of sp³-hybridized carbons (Fsp3) is 0.444. The quantitative estimate of drug-likeness (QED) is 0.556. The third-order valence-corrected chi connectivity index (χ3v) is 5.62. The van der Waals surface area contributed by atoms with Gasteiger partial charge >= 0.3 is 5.97 Å². The Balaban J connectivity index is 3.81. The number of nitrogens with zero attached hydrogens (tertiary/aromatic N) is 1. The molecule has 2 unspecified atom stereocenters. The molecular weight excluding hydrogens is 404 g/mol. The number of allylic oxidation sites excluding steroid dienone is 1. The van der Waals surface area contributed by atoms with Crippen molar-refractivity contribution in [2.45, 2.75) is 33.6 Å². The predicted molar refractivity (Wildman–Crippen MR) is 103 cm³/mol. The van der Waals surface area contributed by atoms with Crippen LogP contribution in [0.4, 0.5) is 0 Å². The van der Waals surface area contributed by atoms with Crippen molar-refractivity contribution >= 4 is 52.4 Å². The first kappa shape index (κ1) is 22.1. The second-order valence-corrected chi connectivity index (χ2v) is 8.54. The van der Waals surface area contributed by atoms with Crippen LogP contribution < -0.4 is 0 Å². The lowest BCUT2D eigenvalue weighted by molar-refractivity contribution is -0.160. The summed E-state index contributed by atoms with van der Waals surface area (Å²) in [6, 6.07) is 6.84. The molecule has 0 aliphatic heterocycles. The Kier molecular flexibility index (Phi) is 7.24. The number of carboxylic acid groups (broad SMARTS) is 1. The Morgan fingerprint density at radius 2 is 1.80 bits per heavy atom. The molecular formula is C18H19Cl4NO2. The van der Waals surface area contributed by atoms with Crippen LogP contribution in [-0.4, -0.2) is 11.1 Å². The first-order valence-corrected chi connectivity index (χ1v) is 9.04. The molecule has 0 spiro atoms. The maximum Gasteiger partial charge on any atom is 0.312 e. The number of carboxylic acids is 1. The van der Waals surface area contributed by atoms with E-state index in [2.05, 4.69) is 6.07 Å². The number of carbonyl (C=O) groups is 1. The molecule has 3 nitrogen and oxygen atoms in total. The van der Waals surface area contributed by atoms with E-state index in [1.54, 1.807) is 39.8 Å². The Morgan fingerprint density at radius 3 is 2.16 bits per heavy atom. The van der Waals surface area contributed by atoms with E-state index in [0.717, 1.165) is 0 Å². The molecule has 0 heterocycles. The number of nitriles is 1. The number of hydrogen-bond donors (Lipinski definition) is 1. The van der Waals surface area contributed by atoms with Crippen LogP contribution in [0.1, 0.15) is 39.2 Å². The van der Waals surface area contributed by atoms with E-state index in [9.17, 15) is 15.2 Å². The van der Waals surface area contributed by atoms with Crippen molar-refractivity contribution in [3.05, 3.63) is 44.4 Å². The predicted octanol–water partition coefficient (Wildman–Crippen LogP) is 6.67. The van der Waals surface area contributed by atoms with Crippen LogP contribution >= 0.6 is 46.4 Å². The van der Waals surface area contributed by atoms with Crippen LogP contribution in [0.3, 0.4) is 0 Å². The van der Waals surface area contributed by atoms with Gasteiger partial charge in [0.2, 0.25) is 0 Å². The Hall–Kier alpha value is -0.920. The highest BCUT2D eigenvalue weighted by Gasteiger charge is 2.58. The second kappa shape index (κ2) is 8.18. The lowest BCUT2D eigenvalue weighted by atomic mass is 9.52. The topological polar surface area (TPSA) is 61.1 Å². The smallest absolute Gasteiger partial charge is 0.312 e. The van der Waals surface area contributed by atoms with Gasteiger partial charge < -0.3 is 5.11 Å². The molecule has 0 radical (unpaired) electrons. The zero-order chi connectivity index (χ0) is 19.6. The normalized spacial score (nSPS) is 15.2. The summed E-state index contributed by atoms with van der Waals surface area (Å²) in [5.74, 6) is -2.53. The average Bonchev–Trinajstić information content (AvgIpc) is 2.44. The number of rotatable bonds is 6. The summed E-state index contributed by atoms with van der Waals surface area (Å²) < 4.78 is -0.0536. The molecule has 0 aliphatic rings. The number of halogens is 4. The zero-order valence-electron chi connectivity index (χ0n) is 14.3. The highest BCUT2D eigenvalue weighted by Crippen LogP contribution is 2.56. The molecule has 0 bridgehead atoms. The minimum absolute atomic E-state index is 0.0536. The molecule has 1 aromatic carbocycles. The van der Waals surface area contributed by atoms with Gasteiger partial charge in [-0.05, 0) is 29.7 Å². The van der Waals surface area contributed by atoms with E-state index in [1.807, 2.05) is 0 Å². The van der Waals surface area contributed by atoms with Crippen molar-refractivity contribution in [2.24, 2.45) is 16.7 Å². The van der Waals surface area contributed by atoms with Crippen LogP contribution in [0.15, 0.2) is 28.8 Å². The molecule has 1 N–H and O–H groups in total. The molecule has 0 aromatic heterocycles. The number of aliphatic carboxylic acids is 1. The fourth-order valence-electron chi connectivity index (χ4n) is 3.62. The standard InChI is InChI=1S/C18H19Cl4NO2/c1-10(2)18(16(24)25,17(3,4)8-15(21)22)12(9-23)11-5-6-13(19)14(20)7-11/h5-8,10,12H,1-4H3,(H,24,25). The maximum atomic E-state index is 12.5. The Morgan fingerprint density at radius 1 is 1.24 bits per heavy atom. The largest absolute Gasteiger partial charge is 0.481 e. The van der Waals surface area contributed by atoms with E-state index in [-0.39, 0.29) is 9.51 Å². The molecule has 0 fully saturated rings. The van der Waals surface area contributed by atoms with Crippen molar-refractivity contribution < 1.29 is 9.90 Å². The van der Waals surface area contributed by atoms with E-state index in [1.165, 1.54) is 12.1 Å². The third kappa shape index (κ3) is 4.09. The van der Waals surface area contributed by atoms with E-state index in [4.69, 9.17) is 46.4 Å². The zero-order valence-corrected chi connectivity index (χ0v) is 17.3. The summed E-state index contributed by atoms with van der Waals surface area (Å²) in [4.78, 5) is 12.5. The lowest BCUT2D eigenvalue weighted by Crippen LogP contribution is -2.51. The van der Waals surface area contributed by atoms with Gasteiger partial charge in [-0.15, -0.1) is 0 Å². The SMILES string of the molecule is CC(C)C(C(=O)O)(C(C#N)c1ccc(Cl)c(Cl)c1)C(C)(C)C=C(Cl)Cl. The Bertz CT molecular complexity index is 733. The number of hydrogen-bond acceptors (Lipinski definition) is 2. The maximum absolute atomic E-state index is 12.5. The first-order valence-electron chi connectivity index (χ1n) is 7.53. The molecule has 0 saturated heterocycles. The summed E-state index contributed by atoms with van der Waals surface area (Å²) in [5, 5.41) is 20.7. The summed E-state index contributed by atoms with van der Waals surface area (Å²) in [5.41, 5.74) is -2.06. The van der Waals surface area contributed by atoms with Gasteiger partial charge in [0.25, 0.3) is 0 Å². The summed E-state index contributed by atoms with van der Waals surface area (Å²) in [6.45, 7) is 6.92. The average molecular weight is 423 g/mol. The van der Waals surface area contributed by atoms with Crippen LogP contribution in [0.5, 0.6) is 0 Å².